The largest absolute Gasteiger partial charge is 0.326 e. The van der Waals surface area contributed by atoms with Crippen LogP contribution in [0.3, 0.4) is 0 Å². The van der Waals surface area contributed by atoms with Gasteiger partial charge in [0, 0.05) is 16.6 Å². The Balaban J connectivity index is 1.87. The third-order valence-electron chi connectivity index (χ3n) is 3.97. The molecular formula is C16H22BrNO. The van der Waals surface area contributed by atoms with Crippen LogP contribution in [-0.2, 0) is 4.79 Å². The normalized spacial score (nSPS) is 15.7. The van der Waals surface area contributed by atoms with Gasteiger partial charge in [-0.2, -0.15) is 0 Å². The van der Waals surface area contributed by atoms with Crippen LogP contribution < -0.4 is 5.32 Å². The van der Waals surface area contributed by atoms with E-state index in [-0.39, 0.29) is 5.91 Å². The van der Waals surface area contributed by atoms with Crippen molar-refractivity contribution in [3.05, 3.63) is 27.7 Å². The number of amides is 1. The molecule has 1 aromatic rings. The number of aryl methyl sites for hydroxylation is 2. The van der Waals surface area contributed by atoms with E-state index in [0.717, 1.165) is 33.6 Å². The van der Waals surface area contributed by atoms with Crippen molar-refractivity contribution in [3.8, 4) is 0 Å². The van der Waals surface area contributed by atoms with Crippen LogP contribution in [0.4, 0.5) is 5.69 Å². The fourth-order valence-electron chi connectivity index (χ4n) is 2.88. The number of benzene rings is 1. The van der Waals surface area contributed by atoms with E-state index in [0.29, 0.717) is 6.42 Å². The minimum atomic E-state index is 0.146. The number of anilines is 1. The van der Waals surface area contributed by atoms with E-state index in [1.54, 1.807) is 0 Å². The second-order valence-electron chi connectivity index (χ2n) is 5.66. The van der Waals surface area contributed by atoms with Gasteiger partial charge in [-0.05, 0) is 49.4 Å². The molecule has 2 rings (SSSR count). The van der Waals surface area contributed by atoms with Crippen LogP contribution in [0, 0.1) is 19.8 Å². The Labute approximate surface area is 124 Å². The zero-order chi connectivity index (χ0) is 13.8. The highest BCUT2D eigenvalue weighted by Crippen LogP contribution is 2.29. The minimum absolute atomic E-state index is 0.146. The van der Waals surface area contributed by atoms with Gasteiger partial charge in [0.05, 0.1) is 0 Å². The Hall–Kier alpha value is -0.830. The van der Waals surface area contributed by atoms with Crippen LogP contribution in [0.15, 0.2) is 16.6 Å². The first-order valence-electron chi connectivity index (χ1n) is 7.13. The summed E-state index contributed by atoms with van der Waals surface area (Å²) in [6.45, 7) is 4.09. The zero-order valence-corrected chi connectivity index (χ0v) is 13.3. The van der Waals surface area contributed by atoms with Crippen LogP contribution in [0.1, 0.15) is 49.7 Å². The van der Waals surface area contributed by atoms with E-state index >= 15 is 0 Å². The maximum Gasteiger partial charge on any atom is 0.224 e. The summed E-state index contributed by atoms with van der Waals surface area (Å²) in [6, 6.07) is 4.04. The molecule has 0 unspecified atom stereocenters. The quantitative estimate of drug-likeness (QED) is 0.832. The van der Waals surface area contributed by atoms with Gasteiger partial charge < -0.3 is 5.32 Å². The van der Waals surface area contributed by atoms with Gasteiger partial charge in [0.1, 0.15) is 0 Å². The van der Waals surface area contributed by atoms with Gasteiger partial charge >= 0.3 is 0 Å². The molecule has 0 aliphatic heterocycles. The fraction of sp³-hybridized carbons (Fsp3) is 0.562. The average molecular weight is 324 g/mol. The summed E-state index contributed by atoms with van der Waals surface area (Å²) in [7, 11) is 0. The second kappa shape index (κ2) is 6.56. The molecule has 104 valence electrons. The van der Waals surface area contributed by atoms with Gasteiger partial charge in [0.2, 0.25) is 5.91 Å². The molecule has 1 fully saturated rings. The molecule has 0 bridgehead atoms. The summed E-state index contributed by atoms with van der Waals surface area (Å²) in [5.74, 6) is 0.923. The minimum Gasteiger partial charge on any atom is -0.326 e. The summed E-state index contributed by atoms with van der Waals surface area (Å²) in [5.41, 5.74) is 3.23. The lowest BCUT2D eigenvalue weighted by Crippen LogP contribution is -2.13. The van der Waals surface area contributed by atoms with Crippen molar-refractivity contribution < 1.29 is 4.79 Å². The van der Waals surface area contributed by atoms with E-state index in [4.69, 9.17) is 0 Å². The molecule has 0 saturated heterocycles. The number of halogens is 1. The van der Waals surface area contributed by atoms with Crippen LogP contribution in [0.25, 0.3) is 0 Å². The predicted octanol–water partition coefficient (Wildman–Crippen LogP) is 4.97. The van der Waals surface area contributed by atoms with E-state index in [2.05, 4.69) is 21.2 Å². The molecule has 0 aromatic heterocycles. The first-order valence-corrected chi connectivity index (χ1v) is 7.92. The molecule has 1 amide bonds. The lowest BCUT2D eigenvalue weighted by Gasteiger charge is -2.11. The summed E-state index contributed by atoms with van der Waals surface area (Å²) in [5, 5.41) is 3.01. The van der Waals surface area contributed by atoms with Crippen molar-refractivity contribution in [2.45, 2.75) is 52.4 Å². The first kappa shape index (κ1) is 14.6. The molecule has 19 heavy (non-hydrogen) atoms. The second-order valence-corrected chi connectivity index (χ2v) is 6.45. The smallest absolute Gasteiger partial charge is 0.224 e. The lowest BCUT2D eigenvalue weighted by atomic mass is 10.0. The third kappa shape index (κ3) is 4.07. The Morgan fingerprint density at radius 2 is 1.84 bits per heavy atom. The van der Waals surface area contributed by atoms with Gasteiger partial charge in [0.25, 0.3) is 0 Å². The molecule has 3 heteroatoms. The number of hydrogen-bond acceptors (Lipinski definition) is 1. The standard InChI is InChI=1S/C16H22BrNO/c1-11-9-14(10-12(2)16(11)17)18-15(19)8-7-13-5-3-4-6-13/h9-10,13H,3-8H2,1-2H3,(H,18,19). The van der Waals surface area contributed by atoms with Gasteiger partial charge in [-0.15, -0.1) is 0 Å². The number of rotatable bonds is 4. The third-order valence-corrected chi connectivity index (χ3v) is 5.23. The SMILES string of the molecule is Cc1cc(NC(=O)CCC2CCCC2)cc(C)c1Br. The number of carbonyl (C=O) groups excluding carboxylic acids is 1. The first-order chi connectivity index (χ1) is 9.06. The van der Waals surface area contributed by atoms with Gasteiger partial charge in [-0.1, -0.05) is 41.6 Å². The highest BCUT2D eigenvalue weighted by atomic mass is 79.9. The van der Waals surface area contributed by atoms with Crippen LogP contribution in [0.2, 0.25) is 0 Å². The maximum absolute atomic E-state index is 12.0. The Morgan fingerprint density at radius 1 is 1.26 bits per heavy atom. The molecule has 1 saturated carbocycles. The zero-order valence-electron chi connectivity index (χ0n) is 11.8. The predicted molar refractivity (Wildman–Crippen MR) is 83.4 cm³/mol. The average Bonchev–Trinajstić information content (AvgIpc) is 2.86. The van der Waals surface area contributed by atoms with E-state index < -0.39 is 0 Å². The van der Waals surface area contributed by atoms with E-state index in [1.165, 1.54) is 25.7 Å². The molecule has 0 heterocycles. The Kier molecular flexibility index (Phi) is 5.03. The van der Waals surface area contributed by atoms with Crippen molar-refractivity contribution in [1.82, 2.24) is 0 Å². The summed E-state index contributed by atoms with van der Waals surface area (Å²) < 4.78 is 1.12. The number of hydrogen-bond donors (Lipinski definition) is 1. The summed E-state index contributed by atoms with van der Waals surface area (Å²) in [4.78, 5) is 12.0. The van der Waals surface area contributed by atoms with Gasteiger partial charge in [-0.3, -0.25) is 4.79 Å². The van der Waals surface area contributed by atoms with Crippen molar-refractivity contribution in [2.24, 2.45) is 5.92 Å². The monoisotopic (exact) mass is 323 g/mol. The molecule has 1 aliphatic rings. The number of carbonyl (C=O) groups is 1. The molecular weight excluding hydrogens is 302 g/mol. The van der Waals surface area contributed by atoms with Gasteiger partial charge in [0.15, 0.2) is 0 Å². The highest BCUT2D eigenvalue weighted by molar-refractivity contribution is 9.10. The topological polar surface area (TPSA) is 29.1 Å². The maximum atomic E-state index is 12.0. The fourth-order valence-corrected chi connectivity index (χ4v) is 3.10. The molecule has 1 N–H and O–H groups in total. The Morgan fingerprint density at radius 3 is 2.42 bits per heavy atom. The molecule has 2 nitrogen and oxygen atoms in total. The molecule has 0 radical (unpaired) electrons. The molecule has 1 aromatic carbocycles. The molecule has 0 atom stereocenters. The highest BCUT2D eigenvalue weighted by Gasteiger charge is 2.16. The van der Waals surface area contributed by atoms with Crippen molar-refractivity contribution in [1.29, 1.82) is 0 Å². The Bertz CT molecular complexity index is 441. The van der Waals surface area contributed by atoms with Crippen LogP contribution in [-0.4, -0.2) is 5.91 Å². The van der Waals surface area contributed by atoms with E-state index in [9.17, 15) is 4.79 Å². The molecule has 1 aliphatic carbocycles. The van der Waals surface area contributed by atoms with Gasteiger partial charge in [-0.25, -0.2) is 0 Å². The van der Waals surface area contributed by atoms with Crippen molar-refractivity contribution in [2.75, 3.05) is 5.32 Å². The van der Waals surface area contributed by atoms with Crippen LogP contribution in [0.5, 0.6) is 0 Å². The van der Waals surface area contributed by atoms with Crippen molar-refractivity contribution in [3.63, 3.8) is 0 Å². The van der Waals surface area contributed by atoms with Crippen molar-refractivity contribution >= 4 is 27.5 Å². The van der Waals surface area contributed by atoms with Crippen LogP contribution >= 0.6 is 15.9 Å². The van der Waals surface area contributed by atoms with E-state index in [1.807, 2.05) is 26.0 Å². The summed E-state index contributed by atoms with van der Waals surface area (Å²) in [6.07, 6.45) is 7.00. The number of nitrogens with one attached hydrogen (secondary N) is 1. The lowest BCUT2D eigenvalue weighted by molar-refractivity contribution is -0.116. The summed E-state index contributed by atoms with van der Waals surface area (Å²) >= 11 is 3.54. The molecule has 0 spiro atoms.